The predicted octanol–water partition coefficient (Wildman–Crippen LogP) is 6.87. The van der Waals surface area contributed by atoms with Crippen LogP contribution in [0.5, 0.6) is 5.75 Å². The third kappa shape index (κ3) is 4.10. The molecule has 0 aliphatic heterocycles. The summed E-state index contributed by atoms with van der Waals surface area (Å²) in [6, 6.07) is 19.4. The first kappa shape index (κ1) is 18.1. The fourth-order valence-corrected chi connectivity index (χ4v) is 2.95. The quantitative estimate of drug-likeness (QED) is 0.422. The molecule has 134 valence electrons. The molecule has 1 nitrogen and oxygen atoms in total. The Morgan fingerprint density at radius 1 is 0.769 bits per heavy atom. The van der Waals surface area contributed by atoms with Crippen LogP contribution in [0.15, 0.2) is 66.7 Å². The van der Waals surface area contributed by atoms with Crippen molar-refractivity contribution in [3.05, 3.63) is 78.4 Å². The second kappa shape index (κ2) is 8.61. The highest BCUT2D eigenvalue weighted by atomic mass is 19.2. The Morgan fingerprint density at radius 2 is 1.50 bits per heavy atom. The van der Waals surface area contributed by atoms with Crippen LogP contribution in [-0.4, -0.2) is 6.61 Å². The van der Waals surface area contributed by atoms with Crippen molar-refractivity contribution in [1.29, 1.82) is 0 Å². The lowest BCUT2D eigenvalue weighted by atomic mass is 9.94. The molecule has 0 fully saturated rings. The van der Waals surface area contributed by atoms with Crippen molar-refractivity contribution in [2.45, 2.75) is 26.2 Å². The molecule has 0 atom stereocenters. The van der Waals surface area contributed by atoms with Gasteiger partial charge in [0, 0.05) is 5.56 Å². The van der Waals surface area contributed by atoms with Crippen molar-refractivity contribution in [1.82, 2.24) is 0 Å². The molecule has 3 rings (SSSR count). The summed E-state index contributed by atoms with van der Waals surface area (Å²) in [6.07, 6.45) is 3.28. The van der Waals surface area contributed by atoms with Gasteiger partial charge in [-0.05, 0) is 41.3 Å². The molecule has 0 aliphatic carbocycles. The number of unbranched alkanes of at least 4 members (excludes halogenated alkanes) is 2. The first-order valence-electron chi connectivity index (χ1n) is 8.97. The monoisotopic (exact) mass is 352 g/mol. The fraction of sp³-hybridized carbons (Fsp3) is 0.217. The molecule has 0 heterocycles. The maximum atomic E-state index is 14.6. The zero-order chi connectivity index (χ0) is 18.4. The Balaban J connectivity index is 1.92. The summed E-state index contributed by atoms with van der Waals surface area (Å²) < 4.78 is 34.2. The highest BCUT2D eigenvalue weighted by Gasteiger charge is 2.16. The summed E-state index contributed by atoms with van der Waals surface area (Å²) in [4.78, 5) is 0. The van der Waals surface area contributed by atoms with Crippen molar-refractivity contribution in [3.8, 4) is 28.0 Å². The molecule has 0 saturated carbocycles. The topological polar surface area (TPSA) is 9.23 Å². The molecule has 3 aromatic rings. The Morgan fingerprint density at radius 3 is 2.19 bits per heavy atom. The van der Waals surface area contributed by atoms with Crippen molar-refractivity contribution in [3.63, 3.8) is 0 Å². The summed E-state index contributed by atoms with van der Waals surface area (Å²) in [6.45, 7) is 2.81. The molecular weight excluding hydrogens is 330 g/mol. The molecule has 0 spiro atoms. The molecule has 26 heavy (non-hydrogen) atoms. The van der Waals surface area contributed by atoms with E-state index in [1.807, 2.05) is 30.3 Å². The first-order valence-corrected chi connectivity index (χ1v) is 8.97. The molecule has 0 N–H and O–H groups in total. The minimum Gasteiger partial charge on any atom is -0.494 e. The number of hydrogen-bond donors (Lipinski definition) is 0. The standard InChI is InChI=1S/C23H22F2O/c1-2-3-7-16-26-19-12-10-18(11-13-19)22-20(14-15-21(24)23(22)25)17-8-5-4-6-9-17/h4-6,8-15H,2-3,7,16H2,1H3. The summed E-state index contributed by atoms with van der Waals surface area (Å²) in [5.74, 6) is -0.939. The molecule has 0 unspecified atom stereocenters. The summed E-state index contributed by atoms with van der Waals surface area (Å²) >= 11 is 0. The van der Waals surface area contributed by atoms with Gasteiger partial charge in [0.1, 0.15) is 5.75 Å². The maximum Gasteiger partial charge on any atom is 0.167 e. The number of benzene rings is 3. The number of halogens is 2. The van der Waals surface area contributed by atoms with Gasteiger partial charge >= 0.3 is 0 Å². The van der Waals surface area contributed by atoms with Crippen molar-refractivity contribution < 1.29 is 13.5 Å². The van der Waals surface area contributed by atoms with E-state index in [1.165, 1.54) is 6.07 Å². The minimum atomic E-state index is -0.848. The van der Waals surface area contributed by atoms with Crippen molar-refractivity contribution >= 4 is 0 Å². The van der Waals surface area contributed by atoms with Crippen LogP contribution in [0.2, 0.25) is 0 Å². The SMILES string of the molecule is CCCCCOc1ccc(-c2c(-c3ccccc3)ccc(F)c2F)cc1. The second-order valence-electron chi connectivity index (χ2n) is 6.23. The van der Waals surface area contributed by atoms with Crippen molar-refractivity contribution in [2.24, 2.45) is 0 Å². The van der Waals surface area contributed by atoms with Crippen LogP contribution < -0.4 is 4.74 Å². The van der Waals surface area contributed by atoms with Crippen LogP contribution >= 0.6 is 0 Å². The van der Waals surface area contributed by atoms with Gasteiger partial charge in [-0.15, -0.1) is 0 Å². The van der Waals surface area contributed by atoms with E-state index < -0.39 is 11.6 Å². The summed E-state index contributed by atoms with van der Waals surface area (Å²) in [7, 11) is 0. The lowest BCUT2D eigenvalue weighted by molar-refractivity contribution is 0.306. The molecular formula is C23H22F2O. The van der Waals surface area contributed by atoms with E-state index in [0.29, 0.717) is 17.7 Å². The fourth-order valence-electron chi connectivity index (χ4n) is 2.95. The lowest BCUT2D eigenvalue weighted by Gasteiger charge is -2.13. The van der Waals surface area contributed by atoms with Crippen LogP contribution in [0.4, 0.5) is 8.78 Å². The van der Waals surface area contributed by atoms with Crippen LogP contribution in [0.3, 0.4) is 0 Å². The van der Waals surface area contributed by atoms with E-state index in [4.69, 9.17) is 4.74 Å². The Labute approximate surface area is 153 Å². The number of hydrogen-bond acceptors (Lipinski definition) is 1. The van der Waals surface area contributed by atoms with E-state index in [0.717, 1.165) is 30.6 Å². The van der Waals surface area contributed by atoms with E-state index >= 15 is 0 Å². The van der Waals surface area contributed by atoms with Gasteiger partial charge in [0.15, 0.2) is 11.6 Å². The normalized spacial score (nSPS) is 10.7. The van der Waals surface area contributed by atoms with Crippen LogP contribution in [0.25, 0.3) is 22.3 Å². The van der Waals surface area contributed by atoms with Gasteiger partial charge < -0.3 is 4.74 Å². The molecule has 0 aromatic heterocycles. The number of rotatable bonds is 7. The highest BCUT2D eigenvalue weighted by molar-refractivity contribution is 5.84. The second-order valence-corrected chi connectivity index (χ2v) is 6.23. The van der Waals surface area contributed by atoms with Crippen LogP contribution in [0.1, 0.15) is 26.2 Å². The largest absolute Gasteiger partial charge is 0.494 e. The summed E-state index contributed by atoms with van der Waals surface area (Å²) in [5, 5.41) is 0. The van der Waals surface area contributed by atoms with Gasteiger partial charge in [0.25, 0.3) is 0 Å². The predicted molar refractivity (Wildman–Crippen MR) is 102 cm³/mol. The van der Waals surface area contributed by atoms with Gasteiger partial charge in [-0.25, -0.2) is 8.78 Å². The maximum absolute atomic E-state index is 14.6. The molecule has 0 bridgehead atoms. The Hall–Kier alpha value is -2.68. The zero-order valence-electron chi connectivity index (χ0n) is 14.8. The number of ether oxygens (including phenoxy) is 1. The molecule has 0 amide bonds. The average molecular weight is 352 g/mol. The van der Waals surface area contributed by atoms with Crippen LogP contribution in [0, 0.1) is 11.6 Å². The van der Waals surface area contributed by atoms with Gasteiger partial charge in [-0.1, -0.05) is 68.3 Å². The van der Waals surface area contributed by atoms with E-state index in [2.05, 4.69) is 6.92 Å². The third-order valence-electron chi connectivity index (χ3n) is 4.34. The smallest absolute Gasteiger partial charge is 0.167 e. The molecule has 0 radical (unpaired) electrons. The van der Waals surface area contributed by atoms with Crippen LogP contribution in [-0.2, 0) is 0 Å². The van der Waals surface area contributed by atoms with Gasteiger partial charge in [0.2, 0.25) is 0 Å². The molecule has 0 saturated heterocycles. The molecule has 3 aromatic carbocycles. The van der Waals surface area contributed by atoms with Gasteiger partial charge in [-0.2, -0.15) is 0 Å². The van der Waals surface area contributed by atoms with Crippen molar-refractivity contribution in [2.75, 3.05) is 6.61 Å². The van der Waals surface area contributed by atoms with Gasteiger partial charge in [0.05, 0.1) is 6.61 Å². The highest BCUT2D eigenvalue weighted by Crippen LogP contribution is 2.36. The Bertz CT molecular complexity index is 842. The summed E-state index contributed by atoms with van der Waals surface area (Å²) in [5.41, 5.74) is 2.41. The lowest BCUT2D eigenvalue weighted by Crippen LogP contribution is -1.97. The minimum absolute atomic E-state index is 0.272. The third-order valence-corrected chi connectivity index (χ3v) is 4.34. The van der Waals surface area contributed by atoms with E-state index in [1.54, 1.807) is 30.3 Å². The Kier molecular flexibility index (Phi) is 6.00. The average Bonchev–Trinajstić information content (AvgIpc) is 2.68. The first-order chi connectivity index (χ1) is 12.7. The zero-order valence-corrected chi connectivity index (χ0v) is 14.8. The van der Waals surface area contributed by atoms with E-state index in [-0.39, 0.29) is 5.56 Å². The van der Waals surface area contributed by atoms with E-state index in [9.17, 15) is 8.78 Å². The van der Waals surface area contributed by atoms with Gasteiger partial charge in [-0.3, -0.25) is 0 Å². The molecule has 3 heteroatoms. The molecule has 0 aliphatic rings.